The predicted octanol–water partition coefficient (Wildman–Crippen LogP) is 2.09. The van der Waals surface area contributed by atoms with Crippen molar-refractivity contribution < 1.29 is 0 Å². The fourth-order valence-electron chi connectivity index (χ4n) is 3.53. The van der Waals surface area contributed by atoms with Gasteiger partial charge < -0.3 is 4.90 Å². The summed E-state index contributed by atoms with van der Waals surface area (Å²) in [6.07, 6.45) is 9.14. The molecule has 1 saturated heterocycles. The van der Waals surface area contributed by atoms with Crippen LogP contribution in [-0.2, 0) is 0 Å². The molecule has 1 aromatic heterocycles. The molecule has 0 aromatic carbocycles. The van der Waals surface area contributed by atoms with Crippen molar-refractivity contribution in [3.8, 4) is 0 Å². The molecule has 0 unspecified atom stereocenters. The summed E-state index contributed by atoms with van der Waals surface area (Å²) in [5.41, 5.74) is 0.481. The monoisotopic (exact) mass is 292 g/mol. The van der Waals surface area contributed by atoms with E-state index in [-0.39, 0.29) is 0 Å². The Bertz CT molecular complexity index is 411. The highest BCUT2D eigenvalue weighted by molar-refractivity contribution is 7.80. The van der Waals surface area contributed by atoms with Crippen molar-refractivity contribution in [2.24, 2.45) is 5.41 Å². The smallest absolute Gasteiger partial charge is 0.225 e. The molecule has 0 N–H and O–H groups in total. The van der Waals surface area contributed by atoms with Crippen molar-refractivity contribution in [3.05, 3.63) is 18.5 Å². The zero-order valence-electron chi connectivity index (χ0n) is 12.0. The van der Waals surface area contributed by atoms with Crippen LogP contribution in [0.1, 0.15) is 25.7 Å². The van der Waals surface area contributed by atoms with Gasteiger partial charge in [0.2, 0.25) is 5.95 Å². The zero-order valence-corrected chi connectivity index (χ0v) is 12.9. The van der Waals surface area contributed by atoms with E-state index in [4.69, 9.17) is 0 Å². The molecule has 5 heteroatoms. The summed E-state index contributed by atoms with van der Waals surface area (Å²) >= 11 is 4.62. The number of aromatic nitrogens is 2. The first-order valence-corrected chi connectivity index (χ1v) is 8.30. The lowest BCUT2D eigenvalue weighted by atomic mass is 9.87. The molecule has 3 rings (SSSR count). The fraction of sp³-hybridized carbons (Fsp3) is 0.733. The van der Waals surface area contributed by atoms with E-state index in [1.807, 2.05) is 18.5 Å². The molecule has 110 valence electrons. The van der Waals surface area contributed by atoms with Crippen molar-refractivity contribution in [2.75, 3.05) is 43.4 Å². The number of nitrogens with zero attached hydrogens (tertiary/aromatic N) is 4. The lowest BCUT2D eigenvalue weighted by Gasteiger charge is -2.39. The van der Waals surface area contributed by atoms with Gasteiger partial charge >= 0.3 is 0 Å². The Kier molecular flexibility index (Phi) is 4.46. The highest BCUT2D eigenvalue weighted by atomic mass is 32.1. The molecule has 0 amide bonds. The van der Waals surface area contributed by atoms with E-state index in [0.717, 1.165) is 37.9 Å². The van der Waals surface area contributed by atoms with Gasteiger partial charge in [0.25, 0.3) is 0 Å². The molecule has 4 nitrogen and oxygen atoms in total. The van der Waals surface area contributed by atoms with E-state index in [2.05, 4.69) is 32.4 Å². The molecule has 1 aromatic rings. The van der Waals surface area contributed by atoms with Gasteiger partial charge in [0.15, 0.2) is 0 Å². The van der Waals surface area contributed by atoms with Gasteiger partial charge in [0.05, 0.1) is 0 Å². The van der Waals surface area contributed by atoms with Crippen LogP contribution in [0.5, 0.6) is 0 Å². The molecular formula is C15H24N4S. The molecule has 1 aliphatic heterocycles. The van der Waals surface area contributed by atoms with Crippen LogP contribution in [-0.4, -0.2) is 53.3 Å². The maximum absolute atomic E-state index is 4.62. The van der Waals surface area contributed by atoms with Gasteiger partial charge in [-0.2, -0.15) is 12.6 Å². The van der Waals surface area contributed by atoms with Crippen molar-refractivity contribution >= 4 is 18.6 Å². The van der Waals surface area contributed by atoms with E-state index < -0.39 is 0 Å². The van der Waals surface area contributed by atoms with Crippen LogP contribution in [0.15, 0.2) is 18.5 Å². The van der Waals surface area contributed by atoms with Crippen LogP contribution in [0.4, 0.5) is 5.95 Å². The highest BCUT2D eigenvalue weighted by Gasteiger charge is 2.35. The fourth-order valence-corrected chi connectivity index (χ4v) is 3.94. The summed E-state index contributed by atoms with van der Waals surface area (Å²) in [5.74, 6) is 1.91. The highest BCUT2D eigenvalue weighted by Crippen LogP contribution is 2.39. The largest absolute Gasteiger partial charge is 0.338 e. The molecule has 0 radical (unpaired) electrons. The summed E-state index contributed by atoms with van der Waals surface area (Å²) in [6, 6.07) is 1.87. The van der Waals surface area contributed by atoms with Gasteiger partial charge in [0, 0.05) is 45.1 Å². The molecule has 0 atom stereocenters. The topological polar surface area (TPSA) is 32.3 Å². The number of piperazine rings is 1. The van der Waals surface area contributed by atoms with Gasteiger partial charge in [-0.15, -0.1) is 0 Å². The van der Waals surface area contributed by atoms with Crippen LogP contribution in [0, 0.1) is 5.41 Å². The second kappa shape index (κ2) is 6.31. The first kappa shape index (κ1) is 14.1. The quantitative estimate of drug-likeness (QED) is 0.861. The summed E-state index contributed by atoms with van der Waals surface area (Å²) in [4.78, 5) is 13.6. The molecular weight excluding hydrogens is 268 g/mol. The third-order valence-electron chi connectivity index (χ3n) is 4.77. The van der Waals surface area contributed by atoms with Crippen LogP contribution in [0.3, 0.4) is 0 Å². The summed E-state index contributed by atoms with van der Waals surface area (Å²) in [6.45, 7) is 5.53. The molecule has 2 heterocycles. The van der Waals surface area contributed by atoms with E-state index in [0.29, 0.717) is 5.41 Å². The normalized spacial score (nSPS) is 23.1. The third-order valence-corrected chi connectivity index (χ3v) is 5.44. The Morgan fingerprint density at radius 1 is 1.05 bits per heavy atom. The van der Waals surface area contributed by atoms with Crippen molar-refractivity contribution in [1.82, 2.24) is 14.9 Å². The number of hydrogen-bond donors (Lipinski definition) is 1. The van der Waals surface area contributed by atoms with E-state index >= 15 is 0 Å². The SMILES string of the molecule is SCC1(CN2CCN(c3ncccn3)CC2)CCCC1. The maximum atomic E-state index is 4.62. The number of hydrogen-bond acceptors (Lipinski definition) is 5. The van der Waals surface area contributed by atoms with Crippen LogP contribution in [0.25, 0.3) is 0 Å². The maximum Gasteiger partial charge on any atom is 0.225 e. The Balaban J connectivity index is 1.54. The zero-order chi connectivity index (χ0) is 13.8. The molecule has 2 aliphatic rings. The average molecular weight is 292 g/mol. The number of rotatable bonds is 4. The molecule has 2 fully saturated rings. The average Bonchev–Trinajstić information content (AvgIpc) is 2.98. The summed E-state index contributed by atoms with van der Waals surface area (Å²) in [5, 5.41) is 0. The lowest BCUT2D eigenvalue weighted by molar-refractivity contribution is 0.163. The molecule has 0 spiro atoms. The van der Waals surface area contributed by atoms with E-state index in [9.17, 15) is 0 Å². The minimum absolute atomic E-state index is 0.481. The molecule has 1 saturated carbocycles. The van der Waals surface area contributed by atoms with Gasteiger partial charge in [0.1, 0.15) is 0 Å². The second-order valence-electron chi connectivity index (χ2n) is 6.18. The molecule has 0 bridgehead atoms. The Morgan fingerprint density at radius 3 is 2.30 bits per heavy atom. The van der Waals surface area contributed by atoms with Crippen molar-refractivity contribution in [1.29, 1.82) is 0 Å². The van der Waals surface area contributed by atoms with Gasteiger partial charge in [-0.1, -0.05) is 12.8 Å². The van der Waals surface area contributed by atoms with Gasteiger partial charge in [-0.25, -0.2) is 9.97 Å². The Labute approximate surface area is 127 Å². The first-order valence-electron chi connectivity index (χ1n) is 7.67. The molecule has 20 heavy (non-hydrogen) atoms. The van der Waals surface area contributed by atoms with Crippen molar-refractivity contribution in [2.45, 2.75) is 25.7 Å². The van der Waals surface area contributed by atoms with Crippen LogP contribution < -0.4 is 4.90 Å². The van der Waals surface area contributed by atoms with Crippen LogP contribution in [0.2, 0.25) is 0 Å². The number of anilines is 1. The second-order valence-corrected chi connectivity index (χ2v) is 6.49. The first-order chi connectivity index (χ1) is 9.81. The molecule has 1 aliphatic carbocycles. The van der Waals surface area contributed by atoms with E-state index in [1.54, 1.807) is 0 Å². The van der Waals surface area contributed by atoms with Crippen molar-refractivity contribution in [3.63, 3.8) is 0 Å². The third kappa shape index (κ3) is 3.09. The van der Waals surface area contributed by atoms with E-state index in [1.165, 1.54) is 32.2 Å². The Hall–Kier alpha value is -0.810. The van der Waals surface area contributed by atoms with Gasteiger partial charge in [-0.3, -0.25) is 4.90 Å². The minimum atomic E-state index is 0.481. The summed E-state index contributed by atoms with van der Waals surface area (Å²) in [7, 11) is 0. The minimum Gasteiger partial charge on any atom is -0.338 e. The summed E-state index contributed by atoms with van der Waals surface area (Å²) < 4.78 is 0. The van der Waals surface area contributed by atoms with Crippen LogP contribution >= 0.6 is 12.6 Å². The standard InChI is InChI=1S/C15H24N4S/c20-13-15(4-1-2-5-15)12-18-8-10-19(11-9-18)14-16-6-3-7-17-14/h3,6-7,20H,1-2,4-5,8-13H2. The lowest BCUT2D eigenvalue weighted by Crippen LogP contribution is -2.50. The van der Waals surface area contributed by atoms with Gasteiger partial charge in [-0.05, 0) is 30.1 Å². The Morgan fingerprint density at radius 2 is 1.70 bits per heavy atom. The number of thiol groups is 1. The predicted molar refractivity (Wildman–Crippen MR) is 85.4 cm³/mol.